The van der Waals surface area contributed by atoms with Crippen LogP contribution in [0.1, 0.15) is 32.8 Å². The molecule has 20 heavy (non-hydrogen) atoms. The van der Waals surface area contributed by atoms with E-state index in [9.17, 15) is 5.11 Å². The van der Waals surface area contributed by atoms with Crippen molar-refractivity contribution < 1.29 is 14.6 Å². The maximum atomic E-state index is 9.28. The largest absolute Gasteiger partial charge is 0.490 e. The number of hydrogen-bond donors (Lipinski definition) is 2. The van der Waals surface area contributed by atoms with Gasteiger partial charge in [0.1, 0.15) is 0 Å². The number of rotatable bonds is 9. The normalized spacial score (nSPS) is 12.2. The van der Waals surface area contributed by atoms with E-state index in [-0.39, 0.29) is 6.10 Å². The highest BCUT2D eigenvalue weighted by Crippen LogP contribution is 2.37. The van der Waals surface area contributed by atoms with Gasteiger partial charge in [-0.1, -0.05) is 6.92 Å². The predicted molar refractivity (Wildman–Crippen MR) is 84.5 cm³/mol. The predicted octanol–water partition coefficient (Wildman–Crippen LogP) is 3.11. The Kier molecular flexibility index (Phi) is 7.95. The smallest absolute Gasteiger partial charge is 0.175 e. The van der Waals surface area contributed by atoms with Crippen LogP contribution >= 0.6 is 15.9 Å². The SMILES string of the molecule is CCNCc1cc(Br)c(OCCC(C)O)c(OCC)c1. The van der Waals surface area contributed by atoms with Gasteiger partial charge in [0.05, 0.1) is 23.8 Å². The first-order valence-corrected chi connectivity index (χ1v) is 7.84. The molecule has 1 aromatic carbocycles. The van der Waals surface area contributed by atoms with Gasteiger partial charge >= 0.3 is 0 Å². The third kappa shape index (κ3) is 5.69. The van der Waals surface area contributed by atoms with Crippen LogP contribution in [-0.4, -0.2) is 31.0 Å². The lowest BCUT2D eigenvalue weighted by Gasteiger charge is -2.16. The second-order valence-corrected chi connectivity index (χ2v) is 5.46. The second-order valence-electron chi connectivity index (χ2n) is 4.60. The van der Waals surface area contributed by atoms with Crippen LogP contribution in [0.4, 0.5) is 0 Å². The Morgan fingerprint density at radius 3 is 2.65 bits per heavy atom. The minimum absolute atomic E-state index is 0.364. The Bertz CT molecular complexity index is 410. The van der Waals surface area contributed by atoms with Crippen molar-refractivity contribution in [2.45, 2.75) is 39.8 Å². The van der Waals surface area contributed by atoms with Gasteiger partial charge in [-0.3, -0.25) is 0 Å². The fraction of sp³-hybridized carbons (Fsp3) is 0.600. The molecule has 0 fully saturated rings. The third-order valence-electron chi connectivity index (χ3n) is 2.73. The van der Waals surface area contributed by atoms with E-state index in [4.69, 9.17) is 9.47 Å². The summed E-state index contributed by atoms with van der Waals surface area (Å²) in [5.41, 5.74) is 1.14. The van der Waals surface area contributed by atoms with Gasteiger partial charge in [-0.2, -0.15) is 0 Å². The Morgan fingerprint density at radius 1 is 1.30 bits per heavy atom. The standard InChI is InChI=1S/C15H24BrNO3/c1-4-17-10-12-8-13(16)15(14(9-12)19-5-2)20-7-6-11(3)18/h8-9,11,17-18H,4-7,10H2,1-3H3. The molecule has 0 aromatic heterocycles. The average Bonchev–Trinajstić information content (AvgIpc) is 2.39. The molecule has 0 saturated heterocycles. The highest BCUT2D eigenvalue weighted by atomic mass is 79.9. The molecule has 1 aromatic rings. The van der Waals surface area contributed by atoms with E-state index in [2.05, 4.69) is 28.2 Å². The summed E-state index contributed by atoms with van der Waals surface area (Å²) in [4.78, 5) is 0. The summed E-state index contributed by atoms with van der Waals surface area (Å²) in [7, 11) is 0. The molecule has 0 heterocycles. The first-order valence-electron chi connectivity index (χ1n) is 7.05. The Morgan fingerprint density at radius 2 is 2.05 bits per heavy atom. The monoisotopic (exact) mass is 345 g/mol. The Balaban J connectivity index is 2.84. The topological polar surface area (TPSA) is 50.7 Å². The van der Waals surface area contributed by atoms with Gasteiger partial charge in [0, 0.05) is 13.0 Å². The zero-order valence-electron chi connectivity index (χ0n) is 12.4. The molecular formula is C15H24BrNO3. The molecule has 0 amide bonds. The molecule has 0 radical (unpaired) electrons. The molecule has 0 aliphatic rings. The Labute approximate surface area is 129 Å². The molecule has 1 atom stereocenters. The third-order valence-corrected chi connectivity index (χ3v) is 3.32. The lowest BCUT2D eigenvalue weighted by Crippen LogP contribution is -2.12. The van der Waals surface area contributed by atoms with Crippen molar-refractivity contribution >= 4 is 15.9 Å². The lowest BCUT2D eigenvalue weighted by molar-refractivity contribution is 0.153. The van der Waals surface area contributed by atoms with Gasteiger partial charge < -0.3 is 19.9 Å². The molecule has 114 valence electrons. The van der Waals surface area contributed by atoms with E-state index in [0.717, 1.165) is 28.9 Å². The number of nitrogens with one attached hydrogen (secondary N) is 1. The summed E-state index contributed by atoms with van der Waals surface area (Å²) in [6, 6.07) is 4.03. The first-order chi connectivity index (χ1) is 9.58. The van der Waals surface area contributed by atoms with E-state index >= 15 is 0 Å². The number of aliphatic hydroxyl groups is 1. The van der Waals surface area contributed by atoms with Crippen molar-refractivity contribution in [1.82, 2.24) is 5.32 Å². The van der Waals surface area contributed by atoms with Gasteiger partial charge in [-0.05, 0) is 54.0 Å². The molecule has 0 spiro atoms. The summed E-state index contributed by atoms with van der Waals surface area (Å²) in [5.74, 6) is 1.44. The molecule has 5 heteroatoms. The van der Waals surface area contributed by atoms with Gasteiger partial charge in [0.15, 0.2) is 11.5 Å². The van der Waals surface area contributed by atoms with Crippen molar-refractivity contribution in [2.24, 2.45) is 0 Å². The first kappa shape index (κ1) is 17.3. The van der Waals surface area contributed by atoms with Crippen LogP contribution < -0.4 is 14.8 Å². The van der Waals surface area contributed by atoms with Crippen molar-refractivity contribution in [3.8, 4) is 11.5 Å². The summed E-state index contributed by atoms with van der Waals surface area (Å²) in [5, 5.41) is 12.6. The molecule has 0 saturated carbocycles. The van der Waals surface area contributed by atoms with Crippen LogP contribution in [0.25, 0.3) is 0 Å². The zero-order chi connectivity index (χ0) is 15.0. The highest BCUT2D eigenvalue weighted by Gasteiger charge is 2.12. The molecule has 4 nitrogen and oxygen atoms in total. The van der Waals surface area contributed by atoms with Gasteiger partial charge in [0.25, 0.3) is 0 Å². The fourth-order valence-electron chi connectivity index (χ4n) is 1.73. The van der Waals surface area contributed by atoms with E-state index in [1.54, 1.807) is 6.92 Å². The summed E-state index contributed by atoms with van der Waals surface area (Å²) >= 11 is 3.53. The molecule has 0 aliphatic heterocycles. The van der Waals surface area contributed by atoms with Crippen molar-refractivity contribution in [3.05, 3.63) is 22.2 Å². The van der Waals surface area contributed by atoms with E-state index in [1.165, 1.54) is 0 Å². The minimum atomic E-state index is -0.364. The van der Waals surface area contributed by atoms with Crippen LogP contribution in [0.3, 0.4) is 0 Å². The maximum absolute atomic E-state index is 9.28. The maximum Gasteiger partial charge on any atom is 0.175 e. The minimum Gasteiger partial charge on any atom is -0.490 e. The lowest BCUT2D eigenvalue weighted by atomic mass is 10.2. The summed E-state index contributed by atoms with van der Waals surface area (Å²) in [6.45, 7) is 8.54. The molecule has 1 rings (SSSR count). The number of ether oxygens (including phenoxy) is 2. The average molecular weight is 346 g/mol. The Hall–Kier alpha value is -0.780. The van der Waals surface area contributed by atoms with Gasteiger partial charge in [0.2, 0.25) is 0 Å². The number of halogens is 1. The molecule has 1 unspecified atom stereocenters. The van der Waals surface area contributed by atoms with Crippen molar-refractivity contribution in [3.63, 3.8) is 0 Å². The molecule has 2 N–H and O–H groups in total. The fourth-order valence-corrected chi connectivity index (χ4v) is 2.33. The zero-order valence-corrected chi connectivity index (χ0v) is 14.0. The number of benzene rings is 1. The van der Waals surface area contributed by atoms with E-state index < -0.39 is 0 Å². The quantitative estimate of drug-likeness (QED) is 0.721. The van der Waals surface area contributed by atoms with Crippen LogP contribution in [0.15, 0.2) is 16.6 Å². The van der Waals surface area contributed by atoms with E-state index in [1.807, 2.05) is 19.1 Å². The van der Waals surface area contributed by atoms with Gasteiger partial charge in [-0.15, -0.1) is 0 Å². The molecular weight excluding hydrogens is 322 g/mol. The second kappa shape index (κ2) is 9.21. The van der Waals surface area contributed by atoms with Crippen LogP contribution in [0.2, 0.25) is 0 Å². The number of aliphatic hydroxyl groups excluding tert-OH is 1. The number of hydrogen-bond acceptors (Lipinski definition) is 4. The van der Waals surface area contributed by atoms with E-state index in [0.29, 0.717) is 25.4 Å². The van der Waals surface area contributed by atoms with Crippen molar-refractivity contribution in [1.29, 1.82) is 0 Å². The van der Waals surface area contributed by atoms with Crippen molar-refractivity contribution in [2.75, 3.05) is 19.8 Å². The molecule has 0 aliphatic carbocycles. The highest BCUT2D eigenvalue weighted by molar-refractivity contribution is 9.10. The van der Waals surface area contributed by atoms with Crippen LogP contribution in [0.5, 0.6) is 11.5 Å². The summed E-state index contributed by atoms with van der Waals surface area (Å²) < 4.78 is 12.3. The summed E-state index contributed by atoms with van der Waals surface area (Å²) in [6.07, 6.45) is 0.231. The van der Waals surface area contributed by atoms with Crippen LogP contribution in [0, 0.1) is 0 Å². The van der Waals surface area contributed by atoms with Gasteiger partial charge in [-0.25, -0.2) is 0 Å². The molecule has 0 bridgehead atoms. The van der Waals surface area contributed by atoms with Crippen LogP contribution in [-0.2, 0) is 6.54 Å².